The molecule has 0 atom stereocenters. The minimum absolute atomic E-state index is 0.500. The molecular formula is C20H20N4. The van der Waals surface area contributed by atoms with Crippen molar-refractivity contribution in [3.8, 4) is 12.1 Å². The third-order valence-electron chi connectivity index (χ3n) is 4.40. The summed E-state index contributed by atoms with van der Waals surface area (Å²) >= 11 is 0. The third-order valence-corrected chi connectivity index (χ3v) is 4.40. The summed E-state index contributed by atoms with van der Waals surface area (Å²) < 4.78 is 0. The molecule has 1 N–H and O–H groups in total. The second-order valence-corrected chi connectivity index (χ2v) is 6.11. The number of anilines is 1. The second kappa shape index (κ2) is 7.64. The Morgan fingerprint density at radius 1 is 0.875 bits per heavy atom. The molecule has 1 aliphatic heterocycles. The van der Waals surface area contributed by atoms with E-state index in [2.05, 4.69) is 46.6 Å². The van der Waals surface area contributed by atoms with Crippen molar-refractivity contribution in [2.75, 3.05) is 18.4 Å². The Kier molecular flexibility index (Phi) is 5.11. The summed E-state index contributed by atoms with van der Waals surface area (Å²) in [7, 11) is 0. The van der Waals surface area contributed by atoms with Crippen molar-refractivity contribution in [2.45, 2.75) is 25.9 Å². The maximum Gasteiger partial charge on any atom is 0.101 e. The van der Waals surface area contributed by atoms with Crippen LogP contribution in [0.1, 0.15) is 35.1 Å². The number of nitrogens with one attached hydrogen (secondary N) is 1. The molecule has 24 heavy (non-hydrogen) atoms. The van der Waals surface area contributed by atoms with Crippen LogP contribution in [0.3, 0.4) is 0 Å². The summed E-state index contributed by atoms with van der Waals surface area (Å²) in [6, 6.07) is 18.0. The highest BCUT2D eigenvalue weighted by Gasteiger charge is 2.11. The van der Waals surface area contributed by atoms with Crippen LogP contribution < -0.4 is 5.32 Å². The average Bonchev–Trinajstić information content (AvgIpc) is 3.13. The van der Waals surface area contributed by atoms with E-state index in [9.17, 15) is 10.5 Å². The zero-order valence-corrected chi connectivity index (χ0v) is 13.6. The van der Waals surface area contributed by atoms with E-state index in [0.29, 0.717) is 23.4 Å². The van der Waals surface area contributed by atoms with Gasteiger partial charge in [-0.15, -0.1) is 0 Å². The van der Waals surface area contributed by atoms with Crippen molar-refractivity contribution in [1.82, 2.24) is 4.90 Å². The van der Waals surface area contributed by atoms with E-state index >= 15 is 0 Å². The van der Waals surface area contributed by atoms with Gasteiger partial charge in [-0.3, -0.25) is 4.90 Å². The number of nitriles is 2. The minimum atomic E-state index is 0.500. The summed E-state index contributed by atoms with van der Waals surface area (Å²) in [6.45, 7) is 4.01. The van der Waals surface area contributed by atoms with Gasteiger partial charge in [0, 0.05) is 13.1 Å². The highest BCUT2D eigenvalue weighted by molar-refractivity contribution is 5.66. The monoisotopic (exact) mass is 316 g/mol. The fraction of sp³-hybridized carbons (Fsp3) is 0.300. The van der Waals surface area contributed by atoms with E-state index in [1.807, 2.05) is 0 Å². The first-order valence-electron chi connectivity index (χ1n) is 8.27. The predicted octanol–water partition coefficient (Wildman–Crippen LogP) is 3.64. The summed E-state index contributed by atoms with van der Waals surface area (Å²) in [5.74, 6) is 0. The van der Waals surface area contributed by atoms with E-state index in [-0.39, 0.29) is 0 Å². The van der Waals surface area contributed by atoms with Crippen LogP contribution in [0.5, 0.6) is 0 Å². The van der Waals surface area contributed by atoms with Gasteiger partial charge in [-0.1, -0.05) is 30.3 Å². The predicted molar refractivity (Wildman–Crippen MR) is 94.2 cm³/mol. The third kappa shape index (κ3) is 3.74. The SMILES string of the molecule is N#Cc1cccc(C#N)c1NCc1ccc(CN2CCCC2)cc1. The number of para-hydroxylation sites is 1. The molecule has 1 fully saturated rings. The maximum absolute atomic E-state index is 9.20. The van der Waals surface area contributed by atoms with Crippen LogP contribution in [0.25, 0.3) is 0 Å². The Bertz CT molecular complexity index is 743. The Morgan fingerprint density at radius 3 is 2.04 bits per heavy atom. The molecule has 3 rings (SSSR count). The fourth-order valence-electron chi connectivity index (χ4n) is 3.08. The Morgan fingerprint density at radius 2 is 1.46 bits per heavy atom. The van der Waals surface area contributed by atoms with Crippen LogP contribution in [-0.4, -0.2) is 18.0 Å². The van der Waals surface area contributed by atoms with Gasteiger partial charge < -0.3 is 5.32 Å². The average molecular weight is 316 g/mol. The molecule has 120 valence electrons. The molecule has 0 spiro atoms. The summed E-state index contributed by atoms with van der Waals surface area (Å²) in [4.78, 5) is 2.48. The van der Waals surface area contributed by atoms with Crippen LogP contribution in [0.4, 0.5) is 5.69 Å². The second-order valence-electron chi connectivity index (χ2n) is 6.11. The van der Waals surface area contributed by atoms with Crippen molar-refractivity contribution >= 4 is 5.69 Å². The lowest BCUT2D eigenvalue weighted by atomic mass is 10.1. The van der Waals surface area contributed by atoms with Crippen molar-refractivity contribution in [3.05, 3.63) is 64.7 Å². The molecule has 2 aromatic rings. The van der Waals surface area contributed by atoms with Crippen LogP contribution in [0.15, 0.2) is 42.5 Å². The number of rotatable bonds is 5. The Balaban J connectivity index is 1.65. The summed E-state index contributed by atoms with van der Waals surface area (Å²) in [5, 5.41) is 21.6. The fourth-order valence-corrected chi connectivity index (χ4v) is 3.08. The normalized spacial score (nSPS) is 14.1. The number of hydrogen-bond acceptors (Lipinski definition) is 4. The first kappa shape index (κ1) is 16.1. The summed E-state index contributed by atoms with van der Waals surface area (Å²) in [5.41, 5.74) is 4.08. The number of nitrogens with zero attached hydrogens (tertiary/aromatic N) is 3. The van der Waals surface area contributed by atoms with Gasteiger partial charge in [-0.2, -0.15) is 10.5 Å². The van der Waals surface area contributed by atoms with Gasteiger partial charge in [0.2, 0.25) is 0 Å². The highest BCUT2D eigenvalue weighted by atomic mass is 15.1. The minimum Gasteiger partial charge on any atom is -0.379 e. The quantitative estimate of drug-likeness (QED) is 0.915. The molecule has 1 saturated heterocycles. The molecule has 1 aliphatic rings. The largest absolute Gasteiger partial charge is 0.379 e. The van der Waals surface area contributed by atoms with Gasteiger partial charge in [-0.25, -0.2) is 0 Å². The van der Waals surface area contributed by atoms with Crippen molar-refractivity contribution in [3.63, 3.8) is 0 Å². The van der Waals surface area contributed by atoms with E-state index in [1.54, 1.807) is 18.2 Å². The molecule has 0 aromatic heterocycles. The Hall–Kier alpha value is -2.82. The van der Waals surface area contributed by atoms with Crippen LogP contribution in [0.2, 0.25) is 0 Å². The van der Waals surface area contributed by atoms with E-state index in [0.717, 1.165) is 12.1 Å². The molecule has 4 heteroatoms. The van der Waals surface area contributed by atoms with Crippen molar-refractivity contribution in [2.24, 2.45) is 0 Å². The van der Waals surface area contributed by atoms with Gasteiger partial charge in [0.1, 0.15) is 12.1 Å². The smallest absolute Gasteiger partial charge is 0.101 e. The molecule has 2 aromatic carbocycles. The lowest BCUT2D eigenvalue weighted by molar-refractivity contribution is 0.331. The molecule has 0 amide bonds. The molecule has 0 aliphatic carbocycles. The number of hydrogen-bond donors (Lipinski definition) is 1. The lowest BCUT2D eigenvalue weighted by Gasteiger charge is -2.15. The zero-order chi connectivity index (χ0) is 16.8. The molecule has 0 radical (unpaired) electrons. The molecule has 0 bridgehead atoms. The van der Waals surface area contributed by atoms with Gasteiger partial charge in [-0.05, 0) is 49.2 Å². The number of likely N-dealkylation sites (tertiary alicyclic amines) is 1. The zero-order valence-electron chi connectivity index (χ0n) is 13.6. The van der Waals surface area contributed by atoms with Crippen LogP contribution in [0, 0.1) is 22.7 Å². The highest BCUT2D eigenvalue weighted by Crippen LogP contribution is 2.21. The lowest BCUT2D eigenvalue weighted by Crippen LogP contribution is -2.18. The van der Waals surface area contributed by atoms with Gasteiger partial charge in [0.05, 0.1) is 16.8 Å². The standard InChI is InChI=1S/C20H20N4/c21-12-18-4-3-5-19(13-22)20(18)23-14-16-6-8-17(9-7-16)15-24-10-1-2-11-24/h3-9,23H,1-2,10-11,14-15H2. The Labute approximate surface area is 142 Å². The molecule has 1 heterocycles. The molecule has 0 unspecified atom stereocenters. The van der Waals surface area contributed by atoms with Crippen LogP contribution in [-0.2, 0) is 13.1 Å². The molecule has 4 nitrogen and oxygen atoms in total. The van der Waals surface area contributed by atoms with Gasteiger partial charge in [0.15, 0.2) is 0 Å². The van der Waals surface area contributed by atoms with Gasteiger partial charge in [0.25, 0.3) is 0 Å². The van der Waals surface area contributed by atoms with Crippen LogP contribution >= 0.6 is 0 Å². The first-order valence-corrected chi connectivity index (χ1v) is 8.27. The van der Waals surface area contributed by atoms with Gasteiger partial charge >= 0.3 is 0 Å². The van der Waals surface area contributed by atoms with E-state index in [4.69, 9.17) is 0 Å². The topological polar surface area (TPSA) is 62.9 Å². The molecule has 0 saturated carbocycles. The van der Waals surface area contributed by atoms with Crippen molar-refractivity contribution < 1.29 is 0 Å². The van der Waals surface area contributed by atoms with E-state index in [1.165, 1.54) is 31.5 Å². The van der Waals surface area contributed by atoms with E-state index < -0.39 is 0 Å². The molecular weight excluding hydrogens is 296 g/mol. The first-order chi connectivity index (χ1) is 11.8. The number of benzene rings is 2. The summed E-state index contributed by atoms with van der Waals surface area (Å²) in [6.07, 6.45) is 2.61. The maximum atomic E-state index is 9.20. The van der Waals surface area contributed by atoms with Crippen molar-refractivity contribution in [1.29, 1.82) is 10.5 Å².